The van der Waals surface area contributed by atoms with Gasteiger partial charge in [-0.2, -0.15) is 0 Å². The minimum Gasteiger partial charge on any atom is -0.480 e. The maximum Gasteiger partial charge on any atom is 0.326 e. The van der Waals surface area contributed by atoms with E-state index in [1.54, 1.807) is 19.9 Å². The van der Waals surface area contributed by atoms with Crippen LogP contribution < -0.4 is 10.6 Å². The highest BCUT2D eigenvalue weighted by Gasteiger charge is 2.18. The molecule has 0 aliphatic rings. The molecule has 0 heterocycles. The molecule has 0 spiro atoms. The van der Waals surface area contributed by atoms with Gasteiger partial charge in [0, 0.05) is 0 Å². The second-order valence-corrected chi connectivity index (χ2v) is 3.83. The molecule has 6 heteroatoms. The summed E-state index contributed by atoms with van der Waals surface area (Å²) in [5.41, 5.74) is 0.615. The largest absolute Gasteiger partial charge is 0.480 e. The number of anilines is 1. The van der Waals surface area contributed by atoms with Crippen molar-refractivity contribution in [2.45, 2.75) is 26.3 Å². The zero-order valence-corrected chi connectivity index (χ0v) is 10.2. The van der Waals surface area contributed by atoms with E-state index < -0.39 is 23.9 Å². The van der Waals surface area contributed by atoms with Crippen molar-refractivity contribution in [2.75, 3.05) is 5.32 Å². The van der Waals surface area contributed by atoms with Crippen LogP contribution in [0.4, 0.5) is 14.9 Å². The Kier molecular flexibility index (Phi) is 4.65. The number of hydrogen-bond acceptors (Lipinski definition) is 2. The van der Waals surface area contributed by atoms with Crippen molar-refractivity contribution in [1.29, 1.82) is 0 Å². The molecule has 1 atom stereocenters. The van der Waals surface area contributed by atoms with Gasteiger partial charge in [-0.25, -0.2) is 14.0 Å². The van der Waals surface area contributed by atoms with Crippen LogP contribution in [-0.4, -0.2) is 23.1 Å². The molecular formula is C12H15FN2O3. The number of aryl methyl sites for hydroxylation is 1. The molecule has 2 amide bonds. The fourth-order valence-electron chi connectivity index (χ4n) is 1.44. The molecule has 0 aliphatic heterocycles. The monoisotopic (exact) mass is 254 g/mol. The number of aliphatic carboxylic acids is 1. The molecule has 18 heavy (non-hydrogen) atoms. The lowest BCUT2D eigenvalue weighted by Gasteiger charge is -2.14. The summed E-state index contributed by atoms with van der Waals surface area (Å²) >= 11 is 0. The highest BCUT2D eigenvalue weighted by atomic mass is 19.1. The van der Waals surface area contributed by atoms with Crippen molar-refractivity contribution in [1.82, 2.24) is 5.32 Å². The average Bonchev–Trinajstić information content (AvgIpc) is 2.30. The third-order valence-electron chi connectivity index (χ3n) is 2.47. The minimum atomic E-state index is -1.13. The molecule has 1 rings (SSSR count). The van der Waals surface area contributed by atoms with E-state index >= 15 is 0 Å². The van der Waals surface area contributed by atoms with Crippen molar-refractivity contribution in [3.8, 4) is 0 Å². The number of carboxylic acid groups (broad SMARTS) is 1. The molecule has 1 aromatic carbocycles. The second kappa shape index (κ2) is 6.00. The molecule has 0 saturated carbocycles. The molecule has 1 aromatic rings. The number of halogens is 1. The van der Waals surface area contributed by atoms with E-state index in [1.165, 1.54) is 12.1 Å². The summed E-state index contributed by atoms with van der Waals surface area (Å²) in [6, 6.07) is 2.67. The first-order valence-electron chi connectivity index (χ1n) is 5.51. The van der Waals surface area contributed by atoms with E-state index in [2.05, 4.69) is 10.6 Å². The number of rotatable bonds is 4. The van der Waals surface area contributed by atoms with Gasteiger partial charge in [-0.05, 0) is 25.0 Å². The van der Waals surface area contributed by atoms with E-state index in [9.17, 15) is 14.0 Å². The number of urea groups is 1. The summed E-state index contributed by atoms with van der Waals surface area (Å²) in [7, 11) is 0. The van der Waals surface area contributed by atoms with Gasteiger partial charge in [-0.1, -0.05) is 19.1 Å². The lowest BCUT2D eigenvalue weighted by molar-refractivity contribution is -0.139. The molecule has 98 valence electrons. The van der Waals surface area contributed by atoms with Crippen LogP contribution in [0.5, 0.6) is 0 Å². The number of benzene rings is 1. The van der Waals surface area contributed by atoms with Crippen LogP contribution in [0.1, 0.15) is 18.9 Å². The van der Waals surface area contributed by atoms with Crippen molar-refractivity contribution in [3.63, 3.8) is 0 Å². The molecule has 0 aromatic heterocycles. The van der Waals surface area contributed by atoms with Crippen LogP contribution in [0.3, 0.4) is 0 Å². The third-order valence-corrected chi connectivity index (χ3v) is 2.47. The molecule has 5 nitrogen and oxygen atoms in total. The Morgan fingerprint density at radius 2 is 2.11 bits per heavy atom. The first kappa shape index (κ1) is 14.0. The Labute approximate surface area is 104 Å². The normalized spacial score (nSPS) is 11.7. The van der Waals surface area contributed by atoms with Crippen LogP contribution >= 0.6 is 0 Å². The molecule has 0 radical (unpaired) electrons. The standard InChI is InChI=1S/C12H15FN2O3/c1-3-9(11(16)17)14-12(18)15-10-7(2)5-4-6-8(10)13/h4-6,9H,3H2,1-2H3,(H,16,17)(H2,14,15,18). The predicted molar refractivity (Wildman–Crippen MR) is 65.0 cm³/mol. The third kappa shape index (κ3) is 3.44. The maximum absolute atomic E-state index is 13.4. The SMILES string of the molecule is CCC(NC(=O)Nc1c(C)cccc1F)C(=O)O. The lowest BCUT2D eigenvalue weighted by atomic mass is 10.2. The van der Waals surface area contributed by atoms with E-state index in [4.69, 9.17) is 5.11 Å². The summed E-state index contributed by atoms with van der Waals surface area (Å²) in [4.78, 5) is 22.3. The smallest absolute Gasteiger partial charge is 0.326 e. The van der Waals surface area contributed by atoms with Gasteiger partial charge in [0.25, 0.3) is 0 Å². The molecule has 0 bridgehead atoms. The van der Waals surface area contributed by atoms with Crippen molar-refractivity contribution in [2.24, 2.45) is 0 Å². The number of carboxylic acids is 1. The quantitative estimate of drug-likeness (QED) is 0.770. The van der Waals surface area contributed by atoms with Gasteiger partial charge in [-0.3, -0.25) is 0 Å². The van der Waals surface area contributed by atoms with Crippen LogP contribution in [0.2, 0.25) is 0 Å². The summed E-state index contributed by atoms with van der Waals surface area (Å²) < 4.78 is 13.4. The van der Waals surface area contributed by atoms with Gasteiger partial charge >= 0.3 is 12.0 Å². The zero-order valence-electron chi connectivity index (χ0n) is 10.2. The Bertz CT molecular complexity index is 442. The number of carbonyl (C=O) groups is 2. The minimum absolute atomic E-state index is 0.0511. The zero-order chi connectivity index (χ0) is 13.7. The first-order chi connectivity index (χ1) is 8.45. The molecule has 1 unspecified atom stereocenters. The summed E-state index contributed by atoms with van der Waals surface area (Å²) in [6.45, 7) is 3.28. The van der Waals surface area contributed by atoms with Crippen LogP contribution in [0.25, 0.3) is 0 Å². The summed E-state index contributed by atoms with van der Waals surface area (Å²) in [5.74, 6) is -1.69. The van der Waals surface area contributed by atoms with E-state index in [0.29, 0.717) is 5.56 Å². The van der Waals surface area contributed by atoms with Gasteiger partial charge in [0.05, 0.1) is 5.69 Å². The number of carbonyl (C=O) groups excluding carboxylic acids is 1. The van der Waals surface area contributed by atoms with E-state index in [0.717, 1.165) is 0 Å². The molecule has 0 saturated heterocycles. The van der Waals surface area contributed by atoms with Crippen LogP contribution in [-0.2, 0) is 4.79 Å². The topological polar surface area (TPSA) is 78.4 Å². The molecular weight excluding hydrogens is 239 g/mol. The number of para-hydroxylation sites is 1. The van der Waals surface area contributed by atoms with Gasteiger partial charge in [0.1, 0.15) is 11.9 Å². The first-order valence-corrected chi connectivity index (χ1v) is 5.51. The fourth-order valence-corrected chi connectivity index (χ4v) is 1.44. The molecule has 0 fully saturated rings. The number of amides is 2. The van der Waals surface area contributed by atoms with E-state index in [1.807, 2.05) is 0 Å². The highest BCUT2D eigenvalue weighted by molar-refractivity contribution is 5.92. The number of nitrogens with one attached hydrogen (secondary N) is 2. The highest BCUT2D eigenvalue weighted by Crippen LogP contribution is 2.18. The van der Waals surface area contributed by atoms with Crippen molar-refractivity contribution >= 4 is 17.7 Å². The Hall–Kier alpha value is -2.11. The van der Waals surface area contributed by atoms with Crippen LogP contribution in [0.15, 0.2) is 18.2 Å². The lowest BCUT2D eigenvalue weighted by Crippen LogP contribution is -2.42. The maximum atomic E-state index is 13.4. The summed E-state index contributed by atoms with van der Waals surface area (Å²) in [5, 5.41) is 13.3. The van der Waals surface area contributed by atoms with E-state index in [-0.39, 0.29) is 12.1 Å². The second-order valence-electron chi connectivity index (χ2n) is 3.83. The van der Waals surface area contributed by atoms with Gasteiger partial charge < -0.3 is 15.7 Å². The average molecular weight is 254 g/mol. The molecule has 3 N–H and O–H groups in total. The molecule has 0 aliphatic carbocycles. The Balaban J connectivity index is 2.73. The van der Waals surface area contributed by atoms with Gasteiger partial charge in [0.2, 0.25) is 0 Å². The summed E-state index contributed by atoms with van der Waals surface area (Å²) in [6.07, 6.45) is 0.249. The van der Waals surface area contributed by atoms with Crippen molar-refractivity contribution in [3.05, 3.63) is 29.6 Å². The Morgan fingerprint density at radius 1 is 1.44 bits per heavy atom. The Morgan fingerprint density at radius 3 is 2.61 bits per heavy atom. The van der Waals surface area contributed by atoms with Gasteiger partial charge in [0.15, 0.2) is 0 Å². The number of hydrogen-bond donors (Lipinski definition) is 3. The fraction of sp³-hybridized carbons (Fsp3) is 0.333. The predicted octanol–water partition coefficient (Wildman–Crippen LogP) is 2.12. The van der Waals surface area contributed by atoms with Crippen molar-refractivity contribution < 1.29 is 19.1 Å². The van der Waals surface area contributed by atoms with Crippen LogP contribution in [0, 0.1) is 12.7 Å². The van der Waals surface area contributed by atoms with Gasteiger partial charge in [-0.15, -0.1) is 0 Å².